The highest BCUT2D eigenvalue weighted by molar-refractivity contribution is 8.19. The van der Waals surface area contributed by atoms with Crippen LogP contribution in [0, 0.1) is 0 Å². The summed E-state index contributed by atoms with van der Waals surface area (Å²) in [5, 5.41) is 0. The molecule has 100 valence electrons. The minimum Gasteiger partial charge on any atom is -0.360 e. The first kappa shape index (κ1) is 16.5. The van der Waals surface area contributed by atoms with Crippen LogP contribution in [-0.2, 0) is 23.4 Å². The second-order valence-corrected chi connectivity index (χ2v) is 7.30. The van der Waals surface area contributed by atoms with E-state index in [9.17, 15) is 13.0 Å². The predicted octanol–water partition coefficient (Wildman–Crippen LogP) is 1.66. The molecule has 0 N–H and O–H groups in total. The third-order valence-corrected chi connectivity index (χ3v) is 6.51. The number of nitrogens with zero attached hydrogens (tertiary/aromatic N) is 2. The maximum atomic E-state index is 12.2. The van der Waals surface area contributed by atoms with Crippen LogP contribution in [0.15, 0.2) is 0 Å². The van der Waals surface area contributed by atoms with Gasteiger partial charge in [0.2, 0.25) is 0 Å². The number of hydrogen-bond donors (Lipinski definition) is 0. The largest absolute Gasteiger partial charge is 0.490 e. The molecule has 0 saturated heterocycles. The predicted molar refractivity (Wildman–Crippen MR) is 63.6 cm³/mol. The minimum atomic E-state index is -4.07. The number of sulfone groups is 1. The van der Waals surface area contributed by atoms with Gasteiger partial charge in [-0.3, -0.25) is 9.05 Å². The van der Waals surface area contributed by atoms with Gasteiger partial charge in [-0.1, -0.05) is 6.92 Å². The first-order chi connectivity index (χ1) is 7.87. The van der Waals surface area contributed by atoms with E-state index in [4.69, 9.17) is 14.6 Å². The van der Waals surface area contributed by atoms with Crippen molar-refractivity contribution in [3.63, 3.8) is 0 Å². The van der Waals surface area contributed by atoms with Crippen LogP contribution in [0.3, 0.4) is 0 Å². The van der Waals surface area contributed by atoms with Crippen LogP contribution in [-0.4, -0.2) is 37.0 Å². The summed E-state index contributed by atoms with van der Waals surface area (Å²) in [4.78, 5) is 1.68. The Hall–Kier alpha value is -0.520. The molecule has 9 heteroatoms. The van der Waals surface area contributed by atoms with E-state index in [0.29, 0.717) is 6.42 Å². The maximum absolute atomic E-state index is 12.2. The Labute approximate surface area is 101 Å². The van der Waals surface area contributed by atoms with E-state index in [2.05, 4.69) is 4.79 Å². The van der Waals surface area contributed by atoms with Gasteiger partial charge in [0.05, 0.1) is 19.0 Å². The molecule has 17 heavy (non-hydrogen) atoms. The van der Waals surface area contributed by atoms with Crippen LogP contribution in [0.25, 0.3) is 5.53 Å². The summed E-state index contributed by atoms with van der Waals surface area (Å²) >= 11 is 0. The van der Waals surface area contributed by atoms with E-state index in [0.717, 1.165) is 0 Å². The van der Waals surface area contributed by atoms with Gasteiger partial charge in [0, 0.05) is 0 Å². The Morgan fingerprint density at radius 2 is 1.71 bits per heavy atom. The highest BCUT2D eigenvalue weighted by Gasteiger charge is 2.49. The molecule has 0 aliphatic heterocycles. The zero-order valence-electron chi connectivity index (χ0n) is 10.1. The van der Waals surface area contributed by atoms with Crippen LogP contribution < -0.4 is 0 Å². The molecule has 0 aliphatic rings. The average molecular weight is 284 g/mol. The second kappa shape index (κ2) is 7.03. The summed E-state index contributed by atoms with van der Waals surface area (Å²) in [5.41, 5.74) is 8.75. The Bertz CT molecular complexity index is 431. The molecule has 0 amide bonds. The van der Waals surface area contributed by atoms with Gasteiger partial charge in [-0.2, -0.15) is 0 Å². The molecule has 0 radical (unpaired) electrons. The molecule has 0 rings (SSSR count). The fraction of sp³-hybridized carbons (Fsp3) is 0.875. The zero-order valence-corrected chi connectivity index (χ0v) is 11.8. The number of hydrogen-bond acceptors (Lipinski definition) is 5. The van der Waals surface area contributed by atoms with Crippen molar-refractivity contribution in [2.24, 2.45) is 0 Å². The van der Waals surface area contributed by atoms with E-state index >= 15 is 0 Å². The van der Waals surface area contributed by atoms with Crippen molar-refractivity contribution in [3.05, 3.63) is 5.53 Å². The molecule has 0 saturated carbocycles. The van der Waals surface area contributed by atoms with Crippen LogP contribution in [0.4, 0.5) is 0 Å². The smallest absolute Gasteiger partial charge is 0.360 e. The third-order valence-electron chi connectivity index (χ3n) is 1.67. The fourth-order valence-electron chi connectivity index (χ4n) is 1.13. The lowest BCUT2D eigenvalue weighted by Crippen LogP contribution is -2.22. The first-order valence-electron chi connectivity index (χ1n) is 5.22. The van der Waals surface area contributed by atoms with Gasteiger partial charge in [-0.15, -0.1) is 4.79 Å². The summed E-state index contributed by atoms with van der Waals surface area (Å²) in [6.07, 6.45) is 0.305. The van der Waals surface area contributed by atoms with Gasteiger partial charge >= 0.3 is 12.4 Å². The van der Waals surface area contributed by atoms with Gasteiger partial charge in [-0.25, -0.2) is 13.0 Å². The molecule has 0 aromatic heterocycles. The molecule has 0 aliphatic carbocycles. The summed E-state index contributed by atoms with van der Waals surface area (Å²) in [7, 11) is -8.01. The number of rotatable bonds is 7. The van der Waals surface area contributed by atoms with Crippen LogP contribution in [0.1, 0.15) is 27.2 Å². The van der Waals surface area contributed by atoms with Crippen molar-refractivity contribution in [1.29, 1.82) is 0 Å². The van der Waals surface area contributed by atoms with Crippen molar-refractivity contribution in [3.8, 4) is 0 Å². The topological polar surface area (TPSA) is 106 Å². The molecule has 0 aromatic carbocycles. The Kier molecular flexibility index (Phi) is 6.82. The molecule has 0 spiro atoms. The van der Waals surface area contributed by atoms with E-state index in [-0.39, 0.29) is 19.0 Å². The lowest BCUT2D eigenvalue weighted by Gasteiger charge is -2.12. The highest BCUT2D eigenvalue weighted by Crippen LogP contribution is 2.50. The lowest BCUT2D eigenvalue weighted by atomic mass is 10.6. The minimum absolute atomic E-state index is 0.0159. The molecule has 7 nitrogen and oxygen atoms in total. The quantitative estimate of drug-likeness (QED) is 0.232. The maximum Gasteiger partial charge on any atom is 0.490 e. The highest BCUT2D eigenvalue weighted by atomic mass is 32.2. The molecular formula is C8H17N2O5PS. The fourth-order valence-corrected chi connectivity index (χ4v) is 5.02. The van der Waals surface area contributed by atoms with Crippen molar-refractivity contribution in [2.45, 2.75) is 27.2 Å². The SMILES string of the molecule is CCCS(=O)(=O)C(=[N+]=[N-])P(=O)(OCC)OCC. The van der Waals surface area contributed by atoms with Crippen molar-refractivity contribution >= 4 is 22.2 Å². The molecule has 0 heterocycles. The van der Waals surface area contributed by atoms with Gasteiger partial charge < -0.3 is 5.53 Å². The van der Waals surface area contributed by atoms with Gasteiger partial charge in [-0.05, 0) is 20.3 Å². The molecule has 0 bridgehead atoms. The van der Waals surface area contributed by atoms with Gasteiger partial charge in [0.1, 0.15) is 0 Å². The zero-order chi connectivity index (χ0) is 13.5. The molecule has 0 fully saturated rings. The lowest BCUT2D eigenvalue weighted by molar-refractivity contribution is 0.000647. The van der Waals surface area contributed by atoms with E-state index in [1.54, 1.807) is 6.92 Å². The van der Waals surface area contributed by atoms with Gasteiger partial charge in [0.25, 0.3) is 9.84 Å². The molecule has 0 aromatic rings. The second-order valence-electron chi connectivity index (χ2n) is 3.03. The van der Waals surface area contributed by atoms with Gasteiger partial charge in [0.15, 0.2) is 0 Å². The summed E-state index contributed by atoms with van der Waals surface area (Å²) in [6, 6.07) is 0. The Morgan fingerprint density at radius 1 is 1.24 bits per heavy atom. The van der Waals surface area contributed by atoms with E-state index in [1.165, 1.54) is 13.8 Å². The molecule has 0 atom stereocenters. The summed E-state index contributed by atoms with van der Waals surface area (Å²) < 4.78 is 45.3. The van der Waals surface area contributed by atoms with Crippen molar-refractivity contribution in [1.82, 2.24) is 0 Å². The van der Waals surface area contributed by atoms with Crippen molar-refractivity contribution < 1.29 is 26.8 Å². The van der Waals surface area contributed by atoms with Crippen molar-refractivity contribution in [2.75, 3.05) is 19.0 Å². The van der Waals surface area contributed by atoms with E-state index < -0.39 is 22.2 Å². The Morgan fingerprint density at radius 3 is 2.00 bits per heavy atom. The van der Waals surface area contributed by atoms with Crippen LogP contribution in [0.2, 0.25) is 0 Å². The molecule has 0 unspecified atom stereocenters. The van der Waals surface area contributed by atoms with Crippen LogP contribution >= 0.6 is 7.60 Å². The third kappa shape index (κ3) is 4.33. The van der Waals surface area contributed by atoms with Crippen LogP contribution in [0.5, 0.6) is 0 Å². The normalized spacial score (nSPS) is 12.2. The summed E-state index contributed by atoms with van der Waals surface area (Å²) in [6.45, 7) is 4.68. The summed E-state index contributed by atoms with van der Waals surface area (Å²) in [5.74, 6) is -0.281. The first-order valence-corrected chi connectivity index (χ1v) is 8.41. The average Bonchev–Trinajstić information content (AvgIpc) is 2.18. The molecular weight excluding hydrogens is 267 g/mol. The van der Waals surface area contributed by atoms with E-state index in [1.807, 2.05) is 0 Å². The Balaban J connectivity index is 5.51. The monoisotopic (exact) mass is 284 g/mol. The standard InChI is InChI=1S/C8H17N2O5PS/c1-4-7-17(12,13)8(10-9)16(11,14-5-2)15-6-3/h4-7H2,1-3H3.